The third-order valence-electron chi connectivity index (χ3n) is 8.72. The zero-order chi connectivity index (χ0) is 27.0. The Bertz CT molecular complexity index is 1010. The molecule has 3 amide bonds. The summed E-state index contributed by atoms with van der Waals surface area (Å²) < 4.78 is 6.68. The standard InChI is InChI=1S/C28H42N4O5/c1-6-14-29-24(34)21-22-26(36)32(15-9-16-33)23(28(22)17-18(4)27(21,5)37-28)25(35)30-19-10-12-20(13-11-19)31(7-2)8-3/h10-13,18,21-23,33H,6-9,14-17H2,1-5H3,(H,29,34)(H,30,35)/t18?,21-,22+,23?,27+,28?/m1/s1. The first-order valence-corrected chi connectivity index (χ1v) is 13.7. The minimum atomic E-state index is -1.08. The summed E-state index contributed by atoms with van der Waals surface area (Å²) in [4.78, 5) is 44.9. The van der Waals surface area contributed by atoms with Crippen LogP contribution in [0.3, 0.4) is 0 Å². The number of ether oxygens (including phenoxy) is 1. The molecule has 9 heteroatoms. The molecule has 0 radical (unpaired) electrons. The SMILES string of the molecule is CCCNC(=O)[C@H]1[C@H]2C(=O)N(CCCO)C(C(=O)Nc3ccc(N(CC)CC)cc3)C23CC(C)[C@]1(C)O3. The first-order chi connectivity index (χ1) is 17.7. The number of carbonyl (C=O) groups is 3. The maximum atomic E-state index is 13.9. The van der Waals surface area contributed by atoms with Gasteiger partial charge in [0.25, 0.3) is 0 Å². The number of amides is 3. The predicted molar refractivity (Wildman–Crippen MR) is 142 cm³/mol. The molecule has 1 aromatic rings. The van der Waals surface area contributed by atoms with Crippen LogP contribution >= 0.6 is 0 Å². The lowest BCUT2D eigenvalue weighted by molar-refractivity contribution is -0.146. The molecule has 204 valence electrons. The molecule has 3 aliphatic rings. The number of carbonyl (C=O) groups excluding carboxylic acids is 3. The van der Waals surface area contributed by atoms with Gasteiger partial charge in [0.15, 0.2) is 0 Å². The molecule has 37 heavy (non-hydrogen) atoms. The predicted octanol–water partition coefficient (Wildman–Crippen LogP) is 2.39. The Morgan fingerprint density at radius 3 is 2.43 bits per heavy atom. The number of nitrogens with zero attached hydrogens (tertiary/aromatic N) is 2. The third-order valence-corrected chi connectivity index (χ3v) is 8.72. The van der Waals surface area contributed by atoms with Gasteiger partial charge in [0.2, 0.25) is 17.7 Å². The molecule has 1 spiro atoms. The van der Waals surface area contributed by atoms with Crippen LogP contribution in [0.5, 0.6) is 0 Å². The van der Waals surface area contributed by atoms with Gasteiger partial charge in [0, 0.05) is 44.2 Å². The number of rotatable bonds is 11. The van der Waals surface area contributed by atoms with Crippen molar-refractivity contribution >= 4 is 29.1 Å². The number of fused-ring (bicyclic) bond motifs is 1. The number of hydrogen-bond acceptors (Lipinski definition) is 6. The Kier molecular flexibility index (Phi) is 7.85. The summed E-state index contributed by atoms with van der Waals surface area (Å²) in [6.45, 7) is 12.5. The van der Waals surface area contributed by atoms with E-state index in [0.717, 1.165) is 25.2 Å². The Morgan fingerprint density at radius 2 is 1.84 bits per heavy atom. The maximum Gasteiger partial charge on any atom is 0.250 e. The van der Waals surface area contributed by atoms with Gasteiger partial charge in [-0.15, -0.1) is 0 Å². The second-order valence-electron chi connectivity index (χ2n) is 10.8. The highest BCUT2D eigenvalue weighted by Crippen LogP contribution is 2.65. The molecule has 3 aliphatic heterocycles. The van der Waals surface area contributed by atoms with Crippen molar-refractivity contribution in [2.45, 2.75) is 71.1 Å². The van der Waals surface area contributed by atoms with Gasteiger partial charge in [-0.3, -0.25) is 14.4 Å². The third kappa shape index (κ3) is 4.40. The summed E-state index contributed by atoms with van der Waals surface area (Å²) in [6, 6.07) is 6.80. The van der Waals surface area contributed by atoms with Crippen LogP contribution < -0.4 is 15.5 Å². The molecule has 3 N–H and O–H groups in total. The smallest absolute Gasteiger partial charge is 0.250 e. The Hall–Kier alpha value is -2.65. The second kappa shape index (κ2) is 10.6. The molecule has 3 heterocycles. The van der Waals surface area contributed by atoms with E-state index in [9.17, 15) is 19.5 Å². The number of aliphatic hydroxyl groups is 1. The highest BCUT2D eigenvalue weighted by molar-refractivity contribution is 6.03. The van der Waals surface area contributed by atoms with Crippen LogP contribution in [0.15, 0.2) is 24.3 Å². The number of aliphatic hydroxyl groups excluding tert-OH is 1. The quantitative estimate of drug-likeness (QED) is 0.418. The molecular formula is C28H42N4O5. The fourth-order valence-electron chi connectivity index (χ4n) is 6.83. The van der Waals surface area contributed by atoms with E-state index in [-0.39, 0.29) is 36.8 Å². The van der Waals surface area contributed by atoms with Crippen molar-refractivity contribution < 1.29 is 24.2 Å². The lowest BCUT2D eigenvalue weighted by atomic mass is 9.62. The van der Waals surface area contributed by atoms with Crippen LogP contribution in [0.4, 0.5) is 11.4 Å². The van der Waals surface area contributed by atoms with Gasteiger partial charge in [-0.05, 0) is 70.2 Å². The molecule has 0 aliphatic carbocycles. The fraction of sp³-hybridized carbons (Fsp3) is 0.679. The normalized spacial score (nSPS) is 31.9. The summed E-state index contributed by atoms with van der Waals surface area (Å²) >= 11 is 0. The molecule has 6 atom stereocenters. The minimum absolute atomic E-state index is 0.00428. The van der Waals surface area contributed by atoms with E-state index in [1.807, 2.05) is 45.0 Å². The van der Waals surface area contributed by atoms with Crippen LogP contribution in [0.2, 0.25) is 0 Å². The van der Waals surface area contributed by atoms with Crippen molar-refractivity contribution in [3.63, 3.8) is 0 Å². The van der Waals surface area contributed by atoms with Gasteiger partial charge in [0.1, 0.15) is 11.6 Å². The highest BCUT2D eigenvalue weighted by atomic mass is 16.5. The van der Waals surface area contributed by atoms with Crippen molar-refractivity contribution in [1.29, 1.82) is 0 Å². The molecule has 9 nitrogen and oxygen atoms in total. The van der Waals surface area contributed by atoms with Crippen molar-refractivity contribution in [1.82, 2.24) is 10.2 Å². The van der Waals surface area contributed by atoms with E-state index in [4.69, 9.17) is 4.74 Å². The van der Waals surface area contributed by atoms with Gasteiger partial charge < -0.3 is 30.3 Å². The topological polar surface area (TPSA) is 111 Å². The van der Waals surface area contributed by atoms with Crippen LogP contribution in [0.1, 0.15) is 53.9 Å². The first kappa shape index (κ1) is 27.4. The van der Waals surface area contributed by atoms with Crippen molar-refractivity contribution in [2.24, 2.45) is 17.8 Å². The molecule has 3 fully saturated rings. The van der Waals surface area contributed by atoms with Crippen LogP contribution in [-0.4, -0.2) is 77.8 Å². The second-order valence-corrected chi connectivity index (χ2v) is 10.8. The molecule has 1 aromatic carbocycles. The number of benzene rings is 1. The van der Waals surface area contributed by atoms with Crippen LogP contribution in [0, 0.1) is 17.8 Å². The van der Waals surface area contributed by atoms with Gasteiger partial charge >= 0.3 is 0 Å². The van der Waals surface area contributed by atoms with E-state index in [2.05, 4.69) is 29.4 Å². The molecule has 0 aromatic heterocycles. The van der Waals surface area contributed by atoms with E-state index >= 15 is 0 Å². The molecule has 3 saturated heterocycles. The summed E-state index contributed by atoms with van der Waals surface area (Å²) in [6.07, 6.45) is 1.65. The zero-order valence-electron chi connectivity index (χ0n) is 22.8. The Labute approximate surface area is 219 Å². The van der Waals surface area contributed by atoms with Gasteiger partial charge in [-0.1, -0.05) is 13.8 Å². The van der Waals surface area contributed by atoms with Crippen LogP contribution in [0.25, 0.3) is 0 Å². The van der Waals surface area contributed by atoms with E-state index in [0.29, 0.717) is 25.1 Å². The Morgan fingerprint density at radius 1 is 1.16 bits per heavy atom. The number of likely N-dealkylation sites (tertiary alicyclic amines) is 1. The molecule has 0 saturated carbocycles. The average Bonchev–Trinajstić information content (AvgIpc) is 3.39. The van der Waals surface area contributed by atoms with E-state index < -0.39 is 29.1 Å². The number of nitrogens with one attached hydrogen (secondary N) is 2. The first-order valence-electron chi connectivity index (χ1n) is 13.7. The summed E-state index contributed by atoms with van der Waals surface area (Å²) in [5, 5.41) is 15.5. The highest BCUT2D eigenvalue weighted by Gasteiger charge is 2.79. The molecule has 2 bridgehead atoms. The van der Waals surface area contributed by atoms with Gasteiger partial charge in [-0.2, -0.15) is 0 Å². The monoisotopic (exact) mass is 514 g/mol. The minimum Gasteiger partial charge on any atom is -0.396 e. The van der Waals surface area contributed by atoms with Gasteiger partial charge in [0.05, 0.1) is 17.4 Å². The van der Waals surface area contributed by atoms with Crippen molar-refractivity contribution in [3.05, 3.63) is 24.3 Å². The van der Waals surface area contributed by atoms with Crippen LogP contribution in [-0.2, 0) is 19.1 Å². The zero-order valence-corrected chi connectivity index (χ0v) is 22.8. The van der Waals surface area contributed by atoms with E-state index in [1.54, 1.807) is 0 Å². The number of hydrogen-bond donors (Lipinski definition) is 3. The summed E-state index contributed by atoms with van der Waals surface area (Å²) in [7, 11) is 0. The molecular weight excluding hydrogens is 472 g/mol. The largest absolute Gasteiger partial charge is 0.396 e. The Balaban J connectivity index is 1.66. The summed E-state index contributed by atoms with van der Waals surface area (Å²) in [5.74, 6) is -2.15. The van der Waals surface area contributed by atoms with E-state index in [1.165, 1.54) is 4.90 Å². The average molecular weight is 515 g/mol. The number of anilines is 2. The van der Waals surface area contributed by atoms with Gasteiger partial charge in [-0.25, -0.2) is 0 Å². The molecule has 3 unspecified atom stereocenters. The molecule has 4 rings (SSSR count). The van der Waals surface area contributed by atoms with Crippen molar-refractivity contribution in [2.75, 3.05) is 43.0 Å². The fourth-order valence-corrected chi connectivity index (χ4v) is 6.83. The lowest BCUT2D eigenvalue weighted by Gasteiger charge is -2.36. The summed E-state index contributed by atoms with van der Waals surface area (Å²) in [5.41, 5.74) is -0.201. The maximum absolute atomic E-state index is 13.9. The lowest BCUT2D eigenvalue weighted by Crippen LogP contribution is -2.54. The van der Waals surface area contributed by atoms with Crippen molar-refractivity contribution in [3.8, 4) is 0 Å².